The number of aromatic nitrogens is 1. The predicted molar refractivity (Wildman–Crippen MR) is 130 cm³/mol. The fraction of sp³-hybridized carbons (Fsp3) is 0.522. The molecule has 0 unspecified atom stereocenters. The summed E-state index contributed by atoms with van der Waals surface area (Å²) < 4.78 is 56.5. The number of benzene rings is 1. The van der Waals surface area contributed by atoms with Gasteiger partial charge in [0.25, 0.3) is 0 Å². The normalized spacial score (nSPS) is 28.3. The van der Waals surface area contributed by atoms with Gasteiger partial charge >= 0.3 is 12.1 Å². The SMILES string of the molecule is C[C@@H]1CN2c3c(cc4c(N5C(=O)OC[C@@H]5CS(C)(=O)=O)noc4c3F)CC3(C(=O)NC(=O)NC3=O)[C@H]2[C@H](C)O1. The van der Waals surface area contributed by atoms with Gasteiger partial charge in [-0.1, -0.05) is 5.16 Å². The Morgan fingerprint density at radius 2 is 1.87 bits per heavy atom. The molecule has 2 N–H and O–H groups in total. The summed E-state index contributed by atoms with van der Waals surface area (Å²) >= 11 is 0. The van der Waals surface area contributed by atoms with E-state index < -0.39 is 75.1 Å². The maximum absolute atomic E-state index is 16.3. The molecular formula is C23H24FN5O9S. The van der Waals surface area contributed by atoms with Crippen molar-refractivity contribution in [2.75, 3.05) is 35.0 Å². The lowest BCUT2D eigenvalue weighted by molar-refractivity contribution is -0.153. The number of cyclic esters (lactones) is 1. The van der Waals surface area contributed by atoms with Crippen LogP contribution >= 0.6 is 0 Å². The van der Waals surface area contributed by atoms with E-state index in [9.17, 15) is 27.6 Å². The number of carbonyl (C=O) groups excluding carboxylic acids is 4. The second kappa shape index (κ2) is 8.35. The van der Waals surface area contributed by atoms with Crippen LogP contribution in [0, 0.1) is 11.2 Å². The molecule has 0 saturated carbocycles. The molecule has 0 aliphatic carbocycles. The van der Waals surface area contributed by atoms with E-state index in [2.05, 4.69) is 15.8 Å². The third-order valence-electron chi connectivity index (χ3n) is 7.63. The number of sulfone groups is 1. The Hall–Kier alpha value is -3.79. The van der Waals surface area contributed by atoms with Crippen LogP contribution in [0.25, 0.3) is 11.0 Å². The molecule has 0 radical (unpaired) electrons. The number of rotatable bonds is 3. The second-order valence-electron chi connectivity index (χ2n) is 10.4. The van der Waals surface area contributed by atoms with E-state index in [1.54, 1.807) is 18.7 Å². The smallest absolute Gasteiger partial charge is 0.416 e. The molecule has 3 fully saturated rings. The molecule has 3 saturated heterocycles. The number of anilines is 2. The number of barbiturate groups is 1. The molecule has 1 spiro atoms. The monoisotopic (exact) mass is 565 g/mol. The molecule has 5 heterocycles. The Labute approximate surface area is 220 Å². The Morgan fingerprint density at radius 3 is 2.54 bits per heavy atom. The second-order valence-corrected chi connectivity index (χ2v) is 12.6. The summed E-state index contributed by atoms with van der Waals surface area (Å²) in [5.74, 6) is -3.10. The van der Waals surface area contributed by atoms with Gasteiger partial charge in [-0.15, -0.1) is 0 Å². The number of nitrogens with zero attached hydrogens (tertiary/aromatic N) is 3. The first-order chi connectivity index (χ1) is 18.3. The van der Waals surface area contributed by atoms with Crippen molar-refractivity contribution < 1.29 is 46.0 Å². The number of carbonyl (C=O) groups is 4. The Bertz CT molecular complexity index is 1550. The van der Waals surface area contributed by atoms with Crippen LogP contribution in [0.5, 0.6) is 0 Å². The first-order valence-electron chi connectivity index (χ1n) is 12.1. The van der Waals surface area contributed by atoms with Gasteiger partial charge in [0, 0.05) is 19.2 Å². The number of urea groups is 1. The summed E-state index contributed by atoms with van der Waals surface area (Å²) in [6.07, 6.45) is -1.27. The van der Waals surface area contributed by atoms with Crippen molar-refractivity contribution in [2.45, 2.75) is 44.6 Å². The van der Waals surface area contributed by atoms with Gasteiger partial charge in [0.15, 0.2) is 17.1 Å². The number of hydrogen-bond donors (Lipinski definition) is 2. The van der Waals surface area contributed by atoms with Gasteiger partial charge in [-0.25, -0.2) is 22.4 Å². The van der Waals surface area contributed by atoms with E-state index >= 15 is 4.39 Å². The predicted octanol–water partition coefficient (Wildman–Crippen LogP) is 0.227. The molecule has 6 rings (SSSR count). The number of ether oxygens (including phenoxy) is 2. The number of fused-ring (bicyclic) bond motifs is 5. The molecule has 1 aromatic carbocycles. The Kier molecular flexibility index (Phi) is 5.46. The van der Waals surface area contributed by atoms with E-state index in [-0.39, 0.29) is 47.6 Å². The van der Waals surface area contributed by atoms with E-state index in [1.165, 1.54) is 6.07 Å². The van der Waals surface area contributed by atoms with Crippen molar-refractivity contribution in [3.05, 3.63) is 17.4 Å². The average Bonchev–Trinajstić information content (AvgIpc) is 3.38. The van der Waals surface area contributed by atoms with Crippen LogP contribution in [0.4, 0.5) is 25.5 Å². The maximum Gasteiger partial charge on any atom is 0.416 e. The first kappa shape index (κ1) is 25.5. The van der Waals surface area contributed by atoms with E-state index in [1.807, 2.05) is 0 Å². The molecule has 5 amide bonds. The molecule has 2 aromatic rings. The number of morpholine rings is 1. The van der Waals surface area contributed by atoms with Crippen LogP contribution in [-0.4, -0.2) is 87.0 Å². The molecule has 0 bridgehead atoms. The third-order valence-corrected chi connectivity index (χ3v) is 8.62. The fourth-order valence-electron chi connectivity index (χ4n) is 6.30. The van der Waals surface area contributed by atoms with Gasteiger partial charge < -0.3 is 18.9 Å². The van der Waals surface area contributed by atoms with E-state index in [0.717, 1.165) is 11.2 Å². The van der Waals surface area contributed by atoms with Gasteiger partial charge in [-0.05, 0) is 25.5 Å². The lowest BCUT2D eigenvalue weighted by Crippen LogP contribution is -2.75. The van der Waals surface area contributed by atoms with Crippen molar-refractivity contribution in [3.63, 3.8) is 0 Å². The molecule has 1 aromatic heterocycles. The van der Waals surface area contributed by atoms with Gasteiger partial charge in [0.2, 0.25) is 17.4 Å². The third kappa shape index (κ3) is 3.68. The Morgan fingerprint density at radius 1 is 1.18 bits per heavy atom. The molecular weight excluding hydrogens is 541 g/mol. The van der Waals surface area contributed by atoms with Gasteiger partial charge in [0.05, 0.1) is 41.1 Å². The van der Waals surface area contributed by atoms with Crippen LogP contribution < -0.4 is 20.4 Å². The minimum absolute atomic E-state index is 0.0271. The first-order valence-corrected chi connectivity index (χ1v) is 14.2. The van der Waals surface area contributed by atoms with Crippen molar-refractivity contribution in [3.8, 4) is 0 Å². The molecule has 208 valence electrons. The van der Waals surface area contributed by atoms with Crippen LogP contribution in [0.3, 0.4) is 0 Å². The molecule has 4 atom stereocenters. The van der Waals surface area contributed by atoms with Crippen LogP contribution in [0.15, 0.2) is 10.6 Å². The maximum atomic E-state index is 16.3. The van der Waals surface area contributed by atoms with Crippen LogP contribution in [-0.2, 0) is 35.3 Å². The van der Waals surface area contributed by atoms with E-state index in [4.69, 9.17) is 14.0 Å². The summed E-state index contributed by atoms with van der Waals surface area (Å²) in [7, 11) is -3.53. The summed E-state index contributed by atoms with van der Waals surface area (Å²) in [5.41, 5.74) is -1.83. The van der Waals surface area contributed by atoms with Crippen molar-refractivity contribution in [1.82, 2.24) is 15.8 Å². The molecule has 14 nitrogen and oxygen atoms in total. The van der Waals surface area contributed by atoms with Gasteiger partial charge in [-0.3, -0.25) is 25.1 Å². The highest BCUT2D eigenvalue weighted by Gasteiger charge is 2.63. The van der Waals surface area contributed by atoms with Crippen molar-refractivity contribution >= 4 is 56.3 Å². The Balaban J connectivity index is 1.54. The number of halogens is 1. The number of nitrogens with one attached hydrogen (secondary N) is 2. The standard InChI is InChI=1S/C23H24FN5O9S/c1-9-6-28-15-11(5-23(17(28)10(2)37-9)19(30)25-21(32)26-20(23)31)4-13-16(14(15)24)38-27-18(13)29-12(7-36-22(29)33)8-39(3,34)35/h4,9-10,12,17H,5-8H2,1-3H3,(H2,25,26,30,31,32)/t9-,10+,12-,17-/m1/s1. The summed E-state index contributed by atoms with van der Waals surface area (Å²) in [6.45, 7) is 3.33. The minimum Gasteiger partial charge on any atom is -0.447 e. The highest BCUT2D eigenvalue weighted by Crippen LogP contribution is 2.50. The zero-order valence-electron chi connectivity index (χ0n) is 21.0. The van der Waals surface area contributed by atoms with E-state index in [0.29, 0.717) is 0 Å². The highest BCUT2D eigenvalue weighted by atomic mass is 32.2. The lowest BCUT2D eigenvalue weighted by Gasteiger charge is -2.55. The van der Waals surface area contributed by atoms with Crippen LogP contribution in [0.2, 0.25) is 0 Å². The lowest BCUT2D eigenvalue weighted by atomic mass is 9.66. The highest BCUT2D eigenvalue weighted by molar-refractivity contribution is 7.90. The molecule has 4 aliphatic rings. The van der Waals surface area contributed by atoms with Crippen molar-refractivity contribution in [1.29, 1.82) is 0 Å². The van der Waals surface area contributed by atoms with Crippen LogP contribution in [0.1, 0.15) is 19.4 Å². The number of amides is 5. The molecule has 39 heavy (non-hydrogen) atoms. The summed E-state index contributed by atoms with van der Waals surface area (Å²) in [5, 5.41) is 8.23. The quantitative estimate of drug-likeness (QED) is 0.487. The zero-order valence-corrected chi connectivity index (χ0v) is 21.8. The summed E-state index contributed by atoms with van der Waals surface area (Å²) in [4.78, 5) is 53.8. The largest absolute Gasteiger partial charge is 0.447 e. The average molecular weight is 566 g/mol. The van der Waals surface area contributed by atoms with Gasteiger partial charge in [-0.2, -0.15) is 0 Å². The topological polar surface area (TPSA) is 177 Å². The van der Waals surface area contributed by atoms with Gasteiger partial charge in [0.1, 0.15) is 16.4 Å². The number of hydrogen-bond acceptors (Lipinski definition) is 11. The number of imide groups is 2. The zero-order chi connectivity index (χ0) is 28.0. The summed E-state index contributed by atoms with van der Waals surface area (Å²) in [6, 6.07) is -1.39. The molecule has 4 aliphatic heterocycles. The minimum atomic E-state index is -3.53. The fourth-order valence-corrected chi connectivity index (χ4v) is 7.25. The van der Waals surface area contributed by atoms with Crippen molar-refractivity contribution in [2.24, 2.45) is 5.41 Å². The molecule has 16 heteroatoms.